The van der Waals surface area contributed by atoms with Crippen LogP contribution in [-0.2, 0) is 12.8 Å². The quantitative estimate of drug-likeness (QED) is 0.225. The van der Waals surface area contributed by atoms with E-state index in [0.29, 0.717) is 10.8 Å². The summed E-state index contributed by atoms with van der Waals surface area (Å²) in [6, 6.07) is 12.1. The number of rotatable bonds is 4. The van der Waals surface area contributed by atoms with Crippen LogP contribution >= 0.6 is 0 Å². The van der Waals surface area contributed by atoms with Crippen LogP contribution in [0.3, 0.4) is 0 Å². The molecule has 0 atom stereocenters. The first kappa shape index (κ1) is 31.6. The molecule has 0 aliphatic rings. The van der Waals surface area contributed by atoms with Gasteiger partial charge in [-0.3, -0.25) is 0 Å². The summed E-state index contributed by atoms with van der Waals surface area (Å²) >= 11 is 0. The van der Waals surface area contributed by atoms with Crippen LogP contribution in [0.5, 0.6) is 23.0 Å². The molecule has 0 aliphatic heterocycles. The van der Waals surface area contributed by atoms with Crippen molar-refractivity contribution in [2.24, 2.45) is 0 Å². The van der Waals surface area contributed by atoms with Crippen molar-refractivity contribution in [1.29, 1.82) is 0 Å². The number of carboxylic acids is 2. The van der Waals surface area contributed by atoms with Gasteiger partial charge in [-0.25, -0.2) is 9.59 Å². The molecule has 4 aromatic rings. The Labute approximate surface area is 251 Å². The first-order valence-electron chi connectivity index (χ1n) is 10.5. The zero-order valence-electron chi connectivity index (χ0n) is 20.5. The van der Waals surface area contributed by atoms with Crippen LogP contribution in [0.1, 0.15) is 45.7 Å². The van der Waals surface area contributed by atoms with E-state index in [4.69, 9.17) is 10.2 Å². The van der Waals surface area contributed by atoms with Gasteiger partial charge < -0.3 is 30.6 Å². The van der Waals surface area contributed by atoms with Crippen molar-refractivity contribution in [2.45, 2.75) is 26.7 Å². The molecule has 0 fully saturated rings. The molecular formula is C26H22Na2O8. The van der Waals surface area contributed by atoms with Crippen molar-refractivity contribution in [1.82, 2.24) is 0 Å². The molecule has 0 amide bonds. The van der Waals surface area contributed by atoms with Gasteiger partial charge in [0.1, 0.15) is 11.5 Å². The number of phenols is 2. The molecule has 0 spiro atoms. The van der Waals surface area contributed by atoms with E-state index >= 15 is 0 Å². The molecule has 0 aliphatic carbocycles. The van der Waals surface area contributed by atoms with Gasteiger partial charge in [0.15, 0.2) is 0 Å². The minimum Gasteiger partial charge on any atom is -0.871 e. The number of carboxylic acid groups (broad SMARTS) is 2. The van der Waals surface area contributed by atoms with Gasteiger partial charge in [-0.2, -0.15) is 0 Å². The minimum absolute atomic E-state index is 0. The fourth-order valence-electron chi connectivity index (χ4n) is 3.61. The fourth-order valence-corrected chi connectivity index (χ4v) is 3.61. The number of hydrogen-bond donors (Lipinski definition) is 4. The Balaban J connectivity index is 0.000000341. The molecule has 0 radical (unpaired) electrons. The SMILES string of the molecule is CCc1ccc2c([O-])c(C(=O)O)cc(O)c2c1.CCc1ccc2c([O-])c(C(=O)O)cc(O)c2c1.[Na+].[Na+]. The second-order valence-corrected chi connectivity index (χ2v) is 7.62. The van der Waals surface area contributed by atoms with Gasteiger partial charge >= 0.3 is 71.1 Å². The van der Waals surface area contributed by atoms with Crippen molar-refractivity contribution >= 4 is 33.5 Å². The van der Waals surface area contributed by atoms with Gasteiger partial charge in [-0.1, -0.05) is 49.6 Å². The van der Waals surface area contributed by atoms with Crippen LogP contribution < -0.4 is 69.3 Å². The Hall–Kier alpha value is -2.46. The van der Waals surface area contributed by atoms with E-state index in [-0.39, 0.29) is 81.4 Å². The maximum atomic E-state index is 11.8. The normalized spacial score (nSPS) is 10.1. The van der Waals surface area contributed by atoms with Gasteiger partial charge in [-0.05, 0) is 59.0 Å². The molecule has 8 nitrogen and oxygen atoms in total. The van der Waals surface area contributed by atoms with Gasteiger partial charge in [0.05, 0.1) is 11.1 Å². The number of carbonyl (C=O) groups is 2. The first-order chi connectivity index (χ1) is 16.1. The average Bonchev–Trinajstić information content (AvgIpc) is 2.83. The predicted molar refractivity (Wildman–Crippen MR) is 123 cm³/mol. The summed E-state index contributed by atoms with van der Waals surface area (Å²) in [5.74, 6) is -4.13. The molecule has 10 heteroatoms. The zero-order chi connectivity index (χ0) is 25.2. The number of fused-ring (bicyclic) bond motifs is 2. The zero-order valence-corrected chi connectivity index (χ0v) is 24.5. The van der Waals surface area contributed by atoms with Gasteiger partial charge in [0, 0.05) is 10.8 Å². The van der Waals surface area contributed by atoms with Crippen molar-refractivity contribution in [2.75, 3.05) is 0 Å². The van der Waals surface area contributed by atoms with Gasteiger partial charge in [-0.15, -0.1) is 0 Å². The Bertz CT molecular complexity index is 1320. The topological polar surface area (TPSA) is 161 Å². The third-order valence-corrected chi connectivity index (χ3v) is 5.54. The number of aromatic carboxylic acids is 2. The second-order valence-electron chi connectivity index (χ2n) is 7.62. The van der Waals surface area contributed by atoms with Gasteiger partial charge in [0.2, 0.25) is 0 Å². The maximum Gasteiger partial charge on any atom is 1.00 e. The van der Waals surface area contributed by atoms with E-state index in [0.717, 1.165) is 36.1 Å². The number of phenolic OH excluding ortho intramolecular Hbond substituents is 2. The number of aryl methyl sites for hydroxylation is 2. The largest absolute Gasteiger partial charge is 1.00 e. The summed E-state index contributed by atoms with van der Waals surface area (Å²) in [4.78, 5) is 21.7. The molecule has 4 N–H and O–H groups in total. The van der Waals surface area contributed by atoms with Crippen molar-refractivity contribution in [3.05, 3.63) is 70.8 Å². The summed E-state index contributed by atoms with van der Waals surface area (Å²) in [5.41, 5.74) is 1.16. The molecule has 0 bridgehead atoms. The van der Waals surface area contributed by atoms with Crippen molar-refractivity contribution in [3.8, 4) is 23.0 Å². The molecule has 0 saturated heterocycles. The second kappa shape index (κ2) is 13.2. The molecule has 0 heterocycles. The van der Waals surface area contributed by atoms with E-state index in [1.165, 1.54) is 0 Å². The summed E-state index contributed by atoms with van der Waals surface area (Å²) in [6.07, 6.45) is 1.56. The van der Waals surface area contributed by atoms with Crippen molar-refractivity contribution < 1.29 is 99.3 Å². The Morgan fingerprint density at radius 2 is 0.972 bits per heavy atom. The molecule has 0 saturated carbocycles. The van der Waals surface area contributed by atoms with Crippen LogP contribution in [0.25, 0.3) is 21.5 Å². The fraction of sp³-hybridized carbons (Fsp3) is 0.154. The van der Waals surface area contributed by atoms with E-state index in [9.17, 15) is 30.0 Å². The summed E-state index contributed by atoms with van der Waals surface area (Å²) in [6.45, 7) is 3.92. The van der Waals surface area contributed by atoms with Gasteiger partial charge in [0.25, 0.3) is 0 Å². The van der Waals surface area contributed by atoms with E-state index in [2.05, 4.69) is 0 Å². The minimum atomic E-state index is -1.33. The number of aromatic hydroxyl groups is 2. The average molecular weight is 508 g/mol. The predicted octanol–water partition coefficient (Wildman–Crippen LogP) is -2.23. The van der Waals surface area contributed by atoms with E-state index in [1.54, 1.807) is 36.4 Å². The van der Waals surface area contributed by atoms with Crippen LogP contribution in [0.15, 0.2) is 48.5 Å². The summed E-state index contributed by atoms with van der Waals surface area (Å²) < 4.78 is 0. The molecule has 0 unspecified atom stereocenters. The molecule has 4 rings (SSSR count). The Morgan fingerprint density at radius 3 is 1.25 bits per heavy atom. The number of benzene rings is 4. The molecule has 0 aromatic heterocycles. The van der Waals surface area contributed by atoms with Crippen molar-refractivity contribution in [3.63, 3.8) is 0 Å². The molecule has 176 valence electrons. The van der Waals surface area contributed by atoms with E-state index < -0.39 is 34.6 Å². The summed E-state index contributed by atoms with van der Waals surface area (Å²) in [5, 5.41) is 62.1. The van der Waals surface area contributed by atoms with Crippen LogP contribution in [0.2, 0.25) is 0 Å². The first-order valence-corrected chi connectivity index (χ1v) is 10.5. The molecule has 4 aromatic carbocycles. The maximum absolute atomic E-state index is 11.8. The molecule has 36 heavy (non-hydrogen) atoms. The smallest absolute Gasteiger partial charge is 0.871 e. The third kappa shape index (κ3) is 6.45. The third-order valence-electron chi connectivity index (χ3n) is 5.54. The summed E-state index contributed by atoms with van der Waals surface area (Å²) in [7, 11) is 0. The van der Waals surface area contributed by atoms with Crippen LogP contribution in [0, 0.1) is 0 Å². The standard InChI is InChI=1S/2C13H12O4.2Na/c2*1-2-7-3-4-8-9(5-7)11(14)6-10(12(8)15)13(16)17;;/h2*3-6,14-15H,2H2,1H3,(H,16,17);;/q;;2*+1/p-2. The monoisotopic (exact) mass is 508 g/mol. The Kier molecular flexibility index (Phi) is 11.6. The Morgan fingerprint density at radius 1 is 0.639 bits per heavy atom. The number of hydrogen-bond acceptors (Lipinski definition) is 6. The van der Waals surface area contributed by atoms with E-state index in [1.807, 2.05) is 13.8 Å². The van der Waals surface area contributed by atoms with Crippen LogP contribution in [0.4, 0.5) is 0 Å². The molecular weight excluding hydrogens is 486 g/mol. The van der Waals surface area contributed by atoms with Crippen LogP contribution in [-0.4, -0.2) is 32.4 Å².